The number of hydrogen-bond donors (Lipinski definition) is 1. The maximum absolute atomic E-state index is 12.8. The summed E-state index contributed by atoms with van der Waals surface area (Å²) in [6.45, 7) is 10.3. The number of nitrogens with zero attached hydrogens (tertiary/aromatic N) is 2. The van der Waals surface area contributed by atoms with Crippen LogP contribution in [0.25, 0.3) is 0 Å². The Morgan fingerprint density at radius 3 is 2.69 bits per heavy atom. The summed E-state index contributed by atoms with van der Waals surface area (Å²) >= 11 is 0. The number of benzene rings is 1. The van der Waals surface area contributed by atoms with Gasteiger partial charge in [0.15, 0.2) is 0 Å². The summed E-state index contributed by atoms with van der Waals surface area (Å²) in [6.07, 6.45) is 5.26. The van der Waals surface area contributed by atoms with E-state index in [2.05, 4.69) is 24.3 Å². The summed E-state index contributed by atoms with van der Waals surface area (Å²) in [5.41, 5.74) is 3.14. The Morgan fingerprint density at radius 1 is 1.31 bits per heavy atom. The Kier molecular flexibility index (Phi) is 6.83. The molecule has 1 aromatic carbocycles. The molecule has 0 aliphatic rings. The molecular formula is C21H31N3O2. The normalized spacial score (nSPS) is 12.3. The lowest BCUT2D eigenvalue weighted by atomic mass is 10.1. The van der Waals surface area contributed by atoms with Crippen molar-refractivity contribution in [3.63, 3.8) is 0 Å². The van der Waals surface area contributed by atoms with Crippen LogP contribution in [-0.4, -0.2) is 21.8 Å². The Labute approximate surface area is 156 Å². The van der Waals surface area contributed by atoms with Crippen LogP contribution in [-0.2, 0) is 7.05 Å². The molecule has 0 radical (unpaired) electrons. The molecule has 0 saturated carbocycles. The van der Waals surface area contributed by atoms with Gasteiger partial charge in [0.2, 0.25) is 0 Å². The molecule has 1 N–H and O–H groups in total. The second-order valence-electron chi connectivity index (χ2n) is 7.21. The van der Waals surface area contributed by atoms with Gasteiger partial charge in [0.05, 0.1) is 17.4 Å². The lowest BCUT2D eigenvalue weighted by Gasteiger charge is -2.18. The van der Waals surface area contributed by atoms with E-state index in [1.165, 1.54) is 0 Å². The summed E-state index contributed by atoms with van der Waals surface area (Å²) in [7, 11) is 1.83. The number of carbonyl (C=O) groups is 1. The number of carbonyl (C=O) groups excluding carboxylic acids is 1. The molecule has 5 nitrogen and oxygen atoms in total. The van der Waals surface area contributed by atoms with E-state index in [1.807, 2.05) is 46.0 Å². The van der Waals surface area contributed by atoms with Crippen molar-refractivity contribution in [2.75, 3.05) is 5.32 Å². The maximum atomic E-state index is 12.8. The van der Waals surface area contributed by atoms with E-state index in [9.17, 15) is 4.79 Å². The Morgan fingerprint density at radius 2 is 2.04 bits per heavy atom. The van der Waals surface area contributed by atoms with Crippen LogP contribution in [0, 0.1) is 6.92 Å². The number of amides is 1. The van der Waals surface area contributed by atoms with Crippen molar-refractivity contribution in [2.45, 2.75) is 65.9 Å². The van der Waals surface area contributed by atoms with E-state index < -0.39 is 0 Å². The molecule has 1 amide bonds. The molecule has 26 heavy (non-hydrogen) atoms. The van der Waals surface area contributed by atoms with Gasteiger partial charge in [-0.15, -0.1) is 0 Å². The molecule has 0 saturated heterocycles. The fourth-order valence-corrected chi connectivity index (χ4v) is 2.94. The number of hydrogen-bond acceptors (Lipinski definition) is 3. The van der Waals surface area contributed by atoms with Gasteiger partial charge in [-0.25, -0.2) is 0 Å². The van der Waals surface area contributed by atoms with E-state index in [0.717, 1.165) is 42.0 Å². The molecule has 1 unspecified atom stereocenters. The van der Waals surface area contributed by atoms with Crippen molar-refractivity contribution in [1.29, 1.82) is 0 Å². The molecule has 0 bridgehead atoms. The van der Waals surface area contributed by atoms with E-state index in [1.54, 1.807) is 10.9 Å². The molecule has 142 valence electrons. The number of aromatic nitrogens is 2. The number of ether oxygens (including phenoxy) is 1. The molecule has 0 aliphatic heterocycles. The monoisotopic (exact) mass is 357 g/mol. The first kappa shape index (κ1) is 20.0. The minimum atomic E-state index is -0.138. The van der Waals surface area contributed by atoms with Gasteiger partial charge < -0.3 is 10.1 Å². The molecule has 1 atom stereocenters. The van der Waals surface area contributed by atoms with Crippen LogP contribution in [0.3, 0.4) is 0 Å². The number of unbranched alkanes of at least 4 members (excludes halogenated alkanes) is 1. The lowest BCUT2D eigenvalue weighted by Crippen LogP contribution is -2.16. The Hall–Kier alpha value is -2.30. The third-order valence-electron chi connectivity index (χ3n) is 4.47. The molecule has 0 aliphatic carbocycles. The van der Waals surface area contributed by atoms with Crippen molar-refractivity contribution in [3.8, 4) is 5.75 Å². The lowest BCUT2D eigenvalue weighted by molar-refractivity contribution is 0.102. The molecule has 5 heteroatoms. The maximum Gasteiger partial charge on any atom is 0.259 e. The zero-order valence-electron chi connectivity index (χ0n) is 16.8. The van der Waals surface area contributed by atoms with Crippen molar-refractivity contribution >= 4 is 11.6 Å². The van der Waals surface area contributed by atoms with Crippen LogP contribution in [0.1, 0.15) is 74.5 Å². The largest absolute Gasteiger partial charge is 0.490 e. The van der Waals surface area contributed by atoms with Gasteiger partial charge >= 0.3 is 0 Å². The van der Waals surface area contributed by atoms with Crippen LogP contribution >= 0.6 is 0 Å². The van der Waals surface area contributed by atoms with Gasteiger partial charge in [-0.3, -0.25) is 9.48 Å². The summed E-state index contributed by atoms with van der Waals surface area (Å²) in [4.78, 5) is 12.8. The van der Waals surface area contributed by atoms with Gasteiger partial charge in [-0.2, -0.15) is 5.10 Å². The fourth-order valence-electron chi connectivity index (χ4n) is 2.94. The zero-order valence-corrected chi connectivity index (χ0v) is 16.8. The third-order valence-corrected chi connectivity index (χ3v) is 4.47. The van der Waals surface area contributed by atoms with Crippen molar-refractivity contribution < 1.29 is 9.53 Å². The number of nitrogens with one attached hydrogen (secondary N) is 1. The second kappa shape index (κ2) is 8.88. The predicted octanol–water partition coefficient (Wildman–Crippen LogP) is 5.06. The topological polar surface area (TPSA) is 56.1 Å². The second-order valence-corrected chi connectivity index (χ2v) is 7.21. The third kappa shape index (κ3) is 4.87. The van der Waals surface area contributed by atoms with Crippen molar-refractivity contribution in [2.24, 2.45) is 7.05 Å². The van der Waals surface area contributed by atoms with E-state index in [-0.39, 0.29) is 17.9 Å². The van der Waals surface area contributed by atoms with Crippen LogP contribution in [0.5, 0.6) is 5.75 Å². The van der Waals surface area contributed by atoms with Gasteiger partial charge in [-0.05, 0) is 38.3 Å². The Balaban J connectivity index is 2.17. The molecule has 1 aromatic heterocycles. The smallest absolute Gasteiger partial charge is 0.259 e. The first-order valence-corrected chi connectivity index (χ1v) is 9.44. The summed E-state index contributed by atoms with van der Waals surface area (Å²) in [5.74, 6) is 0.870. The average Bonchev–Trinajstić information content (AvgIpc) is 2.99. The first-order valence-electron chi connectivity index (χ1n) is 9.44. The van der Waals surface area contributed by atoms with Crippen LogP contribution < -0.4 is 10.1 Å². The first-order chi connectivity index (χ1) is 12.3. The molecule has 1 heterocycles. The molecule has 0 spiro atoms. The van der Waals surface area contributed by atoms with Gasteiger partial charge in [-0.1, -0.05) is 39.7 Å². The Bertz CT molecular complexity index is 750. The summed E-state index contributed by atoms with van der Waals surface area (Å²) < 4.78 is 7.76. The fraction of sp³-hybridized carbons (Fsp3) is 0.524. The van der Waals surface area contributed by atoms with Crippen molar-refractivity contribution in [3.05, 3.63) is 41.2 Å². The highest BCUT2D eigenvalue weighted by molar-refractivity contribution is 6.05. The van der Waals surface area contributed by atoms with Crippen LogP contribution in [0.15, 0.2) is 24.4 Å². The molecule has 2 rings (SSSR count). The highest BCUT2D eigenvalue weighted by atomic mass is 16.5. The number of rotatable bonds is 8. The van der Waals surface area contributed by atoms with E-state index in [0.29, 0.717) is 5.56 Å². The summed E-state index contributed by atoms with van der Waals surface area (Å²) in [5, 5.41) is 7.43. The quantitative estimate of drug-likeness (QED) is 0.718. The van der Waals surface area contributed by atoms with Crippen LogP contribution in [0.4, 0.5) is 5.69 Å². The predicted molar refractivity (Wildman–Crippen MR) is 106 cm³/mol. The SMILES string of the molecule is CCCCC(C)Oc1cccc(NC(=O)c2cn(C)nc2C(C)C)c1C. The minimum Gasteiger partial charge on any atom is -0.490 e. The van der Waals surface area contributed by atoms with Crippen molar-refractivity contribution in [1.82, 2.24) is 9.78 Å². The van der Waals surface area contributed by atoms with Crippen LogP contribution in [0.2, 0.25) is 0 Å². The van der Waals surface area contributed by atoms with E-state index in [4.69, 9.17) is 4.74 Å². The minimum absolute atomic E-state index is 0.138. The highest BCUT2D eigenvalue weighted by Crippen LogP contribution is 2.28. The standard InChI is InChI=1S/C21H31N3O2/c1-7-8-10-15(4)26-19-12-9-11-18(16(19)5)22-21(25)17-13-24(6)23-20(17)14(2)3/h9,11-15H,7-8,10H2,1-6H3,(H,22,25). The number of aryl methyl sites for hydroxylation is 1. The summed E-state index contributed by atoms with van der Waals surface area (Å²) in [6, 6.07) is 5.77. The zero-order chi connectivity index (χ0) is 19.3. The average molecular weight is 357 g/mol. The number of anilines is 1. The van der Waals surface area contributed by atoms with E-state index >= 15 is 0 Å². The molecule has 2 aromatic rings. The van der Waals surface area contributed by atoms with Gasteiger partial charge in [0.25, 0.3) is 5.91 Å². The molecular weight excluding hydrogens is 326 g/mol. The molecule has 0 fully saturated rings. The van der Waals surface area contributed by atoms with Gasteiger partial charge in [0.1, 0.15) is 5.75 Å². The van der Waals surface area contributed by atoms with Gasteiger partial charge in [0, 0.05) is 24.5 Å². The highest BCUT2D eigenvalue weighted by Gasteiger charge is 2.19.